The third-order valence-electron chi connectivity index (χ3n) is 3.47. The summed E-state index contributed by atoms with van der Waals surface area (Å²) >= 11 is 0. The second kappa shape index (κ2) is 7.50. The van der Waals surface area contributed by atoms with Crippen LogP contribution in [0, 0.1) is 13.8 Å². The summed E-state index contributed by atoms with van der Waals surface area (Å²) in [5.74, 6) is -0.824. The van der Waals surface area contributed by atoms with Gasteiger partial charge in [-0.2, -0.15) is 0 Å². The van der Waals surface area contributed by atoms with E-state index in [1.54, 1.807) is 0 Å². The number of carbonyl (C=O) groups excluding carboxylic acids is 2. The highest BCUT2D eigenvalue weighted by Crippen LogP contribution is 2.28. The number of anilines is 1. The molecule has 0 heterocycles. The normalized spacial score (nSPS) is 10.1. The van der Waals surface area contributed by atoms with Crippen LogP contribution in [0.25, 0.3) is 0 Å². The predicted molar refractivity (Wildman–Crippen MR) is 89.5 cm³/mol. The van der Waals surface area contributed by atoms with Crippen molar-refractivity contribution in [3.8, 4) is 11.5 Å². The lowest BCUT2D eigenvalue weighted by Gasteiger charge is -2.13. The molecule has 1 amide bonds. The molecule has 0 bridgehead atoms. The molecule has 0 aliphatic rings. The van der Waals surface area contributed by atoms with Crippen molar-refractivity contribution in [3.63, 3.8) is 0 Å². The highest BCUT2D eigenvalue weighted by Gasteiger charge is 2.16. The van der Waals surface area contributed by atoms with Gasteiger partial charge in [0.05, 0.1) is 12.8 Å². The van der Waals surface area contributed by atoms with E-state index in [2.05, 4.69) is 10.1 Å². The molecule has 0 aliphatic carbocycles. The Bertz CT molecular complexity index is 750. The van der Waals surface area contributed by atoms with Crippen molar-refractivity contribution in [2.45, 2.75) is 13.8 Å². The van der Waals surface area contributed by atoms with E-state index >= 15 is 0 Å². The van der Waals surface area contributed by atoms with Crippen LogP contribution in [0.15, 0.2) is 36.4 Å². The third-order valence-corrected chi connectivity index (χ3v) is 3.47. The predicted octanol–water partition coefficient (Wildman–Crippen LogP) is 2.81. The Morgan fingerprint density at radius 3 is 2.33 bits per heavy atom. The Balaban J connectivity index is 2.07. The number of esters is 1. The minimum absolute atomic E-state index is 0.0223. The average Bonchev–Trinajstić information content (AvgIpc) is 2.55. The van der Waals surface area contributed by atoms with Gasteiger partial charge in [-0.15, -0.1) is 0 Å². The van der Waals surface area contributed by atoms with Crippen LogP contribution in [0.1, 0.15) is 21.5 Å². The number of phenols is 1. The molecule has 0 spiro atoms. The number of ether oxygens (including phenoxy) is 2. The van der Waals surface area contributed by atoms with Crippen LogP contribution in [0.3, 0.4) is 0 Å². The van der Waals surface area contributed by atoms with Gasteiger partial charge in [0.1, 0.15) is 11.3 Å². The Kier molecular flexibility index (Phi) is 5.42. The number of rotatable bonds is 5. The lowest BCUT2D eigenvalue weighted by atomic mass is 10.1. The number of methoxy groups -OCH3 is 1. The summed E-state index contributed by atoms with van der Waals surface area (Å²) in [6.45, 7) is 3.57. The van der Waals surface area contributed by atoms with Crippen molar-refractivity contribution in [1.82, 2.24) is 0 Å². The average molecular weight is 329 g/mol. The second-order valence-electron chi connectivity index (χ2n) is 5.25. The molecular formula is C18H19NO5. The second-order valence-corrected chi connectivity index (χ2v) is 5.25. The number of hydrogen-bond acceptors (Lipinski definition) is 5. The van der Waals surface area contributed by atoms with Crippen molar-refractivity contribution in [2.24, 2.45) is 0 Å². The van der Waals surface area contributed by atoms with E-state index in [1.165, 1.54) is 25.3 Å². The maximum Gasteiger partial charge on any atom is 0.341 e. The fourth-order valence-electron chi connectivity index (χ4n) is 2.27. The number of aromatic hydroxyl groups is 1. The summed E-state index contributed by atoms with van der Waals surface area (Å²) in [5.41, 5.74) is 1.95. The van der Waals surface area contributed by atoms with Gasteiger partial charge < -0.3 is 19.9 Å². The molecule has 2 aromatic rings. The zero-order chi connectivity index (χ0) is 17.7. The summed E-state index contributed by atoms with van der Waals surface area (Å²) < 4.78 is 10.1. The molecule has 2 N–H and O–H groups in total. The number of amides is 1. The van der Waals surface area contributed by atoms with Gasteiger partial charge in [-0.25, -0.2) is 4.79 Å². The number of para-hydroxylation sites is 2. The van der Waals surface area contributed by atoms with Crippen LogP contribution in [0.4, 0.5) is 5.69 Å². The first kappa shape index (κ1) is 17.3. The Morgan fingerprint density at radius 2 is 1.71 bits per heavy atom. The van der Waals surface area contributed by atoms with Crippen molar-refractivity contribution in [1.29, 1.82) is 0 Å². The molecule has 0 fully saturated rings. The zero-order valence-corrected chi connectivity index (χ0v) is 13.8. The summed E-state index contributed by atoms with van der Waals surface area (Å²) in [6, 6.07) is 10.1. The highest BCUT2D eigenvalue weighted by molar-refractivity contribution is 5.98. The van der Waals surface area contributed by atoms with Crippen LogP contribution in [0.2, 0.25) is 0 Å². The molecule has 2 aromatic carbocycles. The molecule has 6 heteroatoms. The molecule has 0 saturated carbocycles. The van der Waals surface area contributed by atoms with Gasteiger partial charge in [0.2, 0.25) is 0 Å². The lowest BCUT2D eigenvalue weighted by Crippen LogP contribution is -2.21. The number of phenolic OH excluding ortho intramolecular Hbond substituents is 1. The van der Waals surface area contributed by atoms with Gasteiger partial charge in [-0.05, 0) is 37.1 Å². The van der Waals surface area contributed by atoms with Crippen LogP contribution >= 0.6 is 0 Å². The number of benzene rings is 2. The van der Waals surface area contributed by atoms with Crippen molar-refractivity contribution in [3.05, 3.63) is 53.1 Å². The molecule has 2 rings (SSSR count). The van der Waals surface area contributed by atoms with Crippen molar-refractivity contribution < 1.29 is 24.2 Å². The standard InChI is InChI=1S/C18H19NO5/c1-11-6-4-7-12(2)17(11)24-10-15(20)19-14-9-5-8-13(16(14)21)18(22)23-3/h4-9,21H,10H2,1-3H3,(H,19,20). The third kappa shape index (κ3) is 3.84. The molecular weight excluding hydrogens is 310 g/mol. The summed E-state index contributed by atoms with van der Waals surface area (Å²) in [7, 11) is 1.21. The Hall–Kier alpha value is -3.02. The van der Waals surface area contributed by atoms with Crippen LogP contribution in [0.5, 0.6) is 11.5 Å². The smallest absolute Gasteiger partial charge is 0.341 e. The first-order chi connectivity index (χ1) is 11.4. The number of carbonyl (C=O) groups is 2. The molecule has 0 radical (unpaired) electrons. The minimum Gasteiger partial charge on any atom is -0.505 e. The quantitative estimate of drug-likeness (QED) is 0.651. The van der Waals surface area contributed by atoms with Crippen LogP contribution in [-0.2, 0) is 9.53 Å². The van der Waals surface area contributed by atoms with Gasteiger partial charge in [0.25, 0.3) is 5.91 Å². The first-order valence-corrected chi connectivity index (χ1v) is 7.33. The SMILES string of the molecule is COC(=O)c1cccc(NC(=O)COc2c(C)cccc2C)c1O. The van der Waals surface area contributed by atoms with Gasteiger partial charge in [0, 0.05) is 0 Å². The summed E-state index contributed by atoms with van der Waals surface area (Å²) in [5, 5.41) is 12.6. The lowest BCUT2D eigenvalue weighted by molar-refractivity contribution is -0.118. The zero-order valence-electron chi connectivity index (χ0n) is 13.8. The van der Waals surface area contributed by atoms with E-state index in [9.17, 15) is 14.7 Å². The highest BCUT2D eigenvalue weighted by atomic mass is 16.5. The molecule has 0 aromatic heterocycles. The van der Waals surface area contributed by atoms with E-state index in [0.29, 0.717) is 5.75 Å². The monoisotopic (exact) mass is 329 g/mol. The van der Waals surface area contributed by atoms with E-state index in [1.807, 2.05) is 32.0 Å². The minimum atomic E-state index is -0.685. The fraction of sp³-hybridized carbons (Fsp3) is 0.222. The van der Waals surface area contributed by atoms with Crippen molar-refractivity contribution in [2.75, 3.05) is 19.0 Å². The van der Waals surface area contributed by atoms with Crippen molar-refractivity contribution >= 4 is 17.6 Å². The fourth-order valence-corrected chi connectivity index (χ4v) is 2.27. The maximum atomic E-state index is 12.0. The van der Waals surface area contributed by atoms with E-state index in [4.69, 9.17) is 4.74 Å². The maximum absolute atomic E-state index is 12.0. The van der Waals surface area contributed by atoms with Crippen LogP contribution in [-0.4, -0.2) is 30.7 Å². The van der Waals surface area contributed by atoms with Gasteiger partial charge in [0.15, 0.2) is 12.4 Å². The van der Waals surface area contributed by atoms with Crippen LogP contribution < -0.4 is 10.1 Å². The van der Waals surface area contributed by atoms with Gasteiger partial charge in [-0.3, -0.25) is 4.79 Å². The molecule has 0 saturated heterocycles. The molecule has 0 atom stereocenters. The summed E-state index contributed by atoms with van der Waals surface area (Å²) in [4.78, 5) is 23.6. The molecule has 126 valence electrons. The summed E-state index contributed by atoms with van der Waals surface area (Å²) in [6.07, 6.45) is 0. The van der Waals surface area contributed by atoms with E-state index in [0.717, 1.165) is 11.1 Å². The van der Waals surface area contributed by atoms with Gasteiger partial charge >= 0.3 is 5.97 Å². The topological polar surface area (TPSA) is 84.9 Å². The first-order valence-electron chi connectivity index (χ1n) is 7.33. The number of nitrogens with one attached hydrogen (secondary N) is 1. The molecule has 0 aliphatic heterocycles. The van der Waals surface area contributed by atoms with Gasteiger partial charge in [-0.1, -0.05) is 24.3 Å². The largest absolute Gasteiger partial charge is 0.505 e. The number of aryl methyl sites for hydroxylation is 2. The van der Waals surface area contributed by atoms with E-state index in [-0.39, 0.29) is 23.6 Å². The molecule has 0 unspecified atom stereocenters. The Morgan fingerprint density at radius 1 is 1.08 bits per heavy atom. The Labute approximate surface area is 140 Å². The van der Waals surface area contributed by atoms with E-state index < -0.39 is 11.9 Å². The molecule has 24 heavy (non-hydrogen) atoms. The number of hydrogen-bond donors (Lipinski definition) is 2. The molecule has 6 nitrogen and oxygen atoms in total.